The molecule has 1 aliphatic rings. The fourth-order valence-corrected chi connectivity index (χ4v) is 2.89. The summed E-state index contributed by atoms with van der Waals surface area (Å²) >= 11 is 3.33. The fourth-order valence-electron chi connectivity index (χ4n) is 2.43. The first kappa shape index (κ1) is 14.3. The van der Waals surface area contributed by atoms with Gasteiger partial charge >= 0.3 is 0 Å². The smallest absolute Gasteiger partial charge is 0.270 e. The summed E-state index contributed by atoms with van der Waals surface area (Å²) in [4.78, 5) is 10.3. The standard InChI is InChI=1S/C13H17BrN2O3/c1-15-11-4-2-3-5-13(11)19-12-7-6-9(16(17)18)8-10(12)14/h6-8,11,13,15H,2-5H2,1H3. The molecule has 1 N–H and O–H groups in total. The Labute approximate surface area is 120 Å². The van der Waals surface area contributed by atoms with Crippen molar-refractivity contribution in [3.63, 3.8) is 0 Å². The van der Waals surface area contributed by atoms with Crippen molar-refractivity contribution in [2.45, 2.75) is 37.8 Å². The van der Waals surface area contributed by atoms with Crippen molar-refractivity contribution in [1.82, 2.24) is 5.32 Å². The molecule has 1 aromatic carbocycles. The Balaban J connectivity index is 2.11. The Morgan fingerprint density at radius 1 is 1.42 bits per heavy atom. The van der Waals surface area contributed by atoms with Crippen LogP contribution in [0.25, 0.3) is 0 Å². The summed E-state index contributed by atoms with van der Waals surface area (Å²) in [6.45, 7) is 0. The number of hydrogen-bond donors (Lipinski definition) is 1. The van der Waals surface area contributed by atoms with Gasteiger partial charge in [0.25, 0.3) is 5.69 Å². The van der Waals surface area contributed by atoms with Crippen LogP contribution in [0.2, 0.25) is 0 Å². The lowest BCUT2D eigenvalue weighted by Gasteiger charge is -2.31. The van der Waals surface area contributed by atoms with Crippen molar-refractivity contribution in [1.29, 1.82) is 0 Å². The molecule has 0 bridgehead atoms. The third-order valence-corrected chi connectivity index (χ3v) is 4.10. The highest BCUT2D eigenvalue weighted by Gasteiger charge is 2.26. The van der Waals surface area contributed by atoms with Gasteiger partial charge in [0.05, 0.1) is 9.40 Å². The van der Waals surface area contributed by atoms with Crippen molar-refractivity contribution < 1.29 is 9.66 Å². The summed E-state index contributed by atoms with van der Waals surface area (Å²) < 4.78 is 6.62. The fraction of sp³-hybridized carbons (Fsp3) is 0.538. The molecular formula is C13H17BrN2O3. The normalized spacial score (nSPS) is 23.1. The number of ether oxygens (including phenoxy) is 1. The zero-order valence-electron chi connectivity index (χ0n) is 10.8. The van der Waals surface area contributed by atoms with Crippen molar-refractivity contribution in [2.24, 2.45) is 0 Å². The first-order valence-electron chi connectivity index (χ1n) is 6.39. The summed E-state index contributed by atoms with van der Waals surface area (Å²) in [6.07, 6.45) is 4.61. The van der Waals surface area contributed by atoms with Crippen LogP contribution in [0, 0.1) is 10.1 Å². The van der Waals surface area contributed by atoms with Crippen LogP contribution in [-0.4, -0.2) is 24.1 Å². The lowest BCUT2D eigenvalue weighted by Crippen LogP contribution is -2.43. The number of hydrogen-bond acceptors (Lipinski definition) is 4. The second-order valence-electron chi connectivity index (χ2n) is 4.71. The van der Waals surface area contributed by atoms with Gasteiger partial charge in [-0.1, -0.05) is 6.42 Å². The number of non-ortho nitro benzene ring substituents is 1. The largest absolute Gasteiger partial charge is 0.488 e. The molecule has 0 radical (unpaired) electrons. The number of rotatable bonds is 4. The number of halogens is 1. The minimum atomic E-state index is -0.411. The molecule has 0 amide bonds. The molecule has 1 saturated carbocycles. The van der Waals surface area contributed by atoms with E-state index in [9.17, 15) is 10.1 Å². The van der Waals surface area contributed by atoms with E-state index in [0.29, 0.717) is 16.3 Å². The molecule has 0 aromatic heterocycles. The highest BCUT2D eigenvalue weighted by Crippen LogP contribution is 2.32. The predicted octanol–water partition coefficient (Wildman–Crippen LogP) is 3.27. The van der Waals surface area contributed by atoms with Gasteiger partial charge in [-0.05, 0) is 48.3 Å². The average molecular weight is 329 g/mol. The van der Waals surface area contributed by atoms with Gasteiger partial charge in [0.1, 0.15) is 11.9 Å². The van der Waals surface area contributed by atoms with E-state index in [4.69, 9.17) is 4.74 Å². The van der Waals surface area contributed by atoms with E-state index >= 15 is 0 Å². The number of benzene rings is 1. The summed E-state index contributed by atoms with van der Waals surface area (Å²) in [5, 5.41) is 14.0. The van der Waals surface area contributed by atoms with Crippen LogP contribution in [-0.2, 0) is 0 Å². The summed E-state index contributed by atoms with van der Waals surface area (Å²) in [5.41, 5.74) is 0.0630. The van der Waals surface area contributed by atoms with Crippen LogP contribution < -0.4 is 10.1 Å². The zero-order valence-corrected chi connectivity index (χ0v) is 12.4. The molecule has 0 spiro atoms. The quantitative estimate of drug-likeness (QED) is 0.680. The van der Waals surface area contributed by atoms with Crippen molar-refractivity contribution in [3.8, 4) is 5.75 Å². The Bertz CT molecular complexity index is 467. The molecule has 1 aromatic rings. The van der Waals surface area contributed by atoms with E-state index in [2.05, 4.69) is 21.2 Å². The maximum absolute atomic E-state index is 10.7. The number of nitro groups is 1. The molecule has 2 atom stereocenters. The van der Waals surface area contributed by atoms with E-state index < -0.39 is 4.92 Å². The lowest BCUT2D eigenvalue weighted by molar-refractivity contribution is -0.385. The average Bonchev–Trinajstić information content (AvgIpc) is 2.41. The van der Waals surface area contributed by atoms with Crippen molar-refractivity contribution in [3.05, 3.63) is 32.8 Å². The van der Waals surface area contributed by atoms with E-state index in [0.717, 1.165) is 19.3 Å². The molecule has 1 fully saturated rings. The molecule has 104 valence electrons. The monoisotopic (exact) mass is 328 g/mol. The van der Waals surface area contributed by atoms with E-state index in [-0.39, 0.29) is 11.8 Å². The maximum Gasteiger partial charge on any atom is 0.270 e. The van der Waals surface area contributed by atoms with Gasteiger partial charge in [0.2, 0.25) is 0 Å². The van der Waals surface area contributed by atoms with Gasteiger partial charge in [0, 0.05) is 18.2 Å². The molecule has 1 aliphatic carbocycles. The zero-order chi connectivity index (χ0) is 13.8. The van der Waals surface area contributed by atoms with E-state index in [1.54, 1.807) is 6.07 Å². The molecule has 0 aliphatic heterocycles. The number of nitrogens with one attached hydrogen (secondary N) is 1. The Kier molecular flexibility index (Phi) is 4.76. The second kappa shape index (κ2) is 6.34. The first-order chi connectivity index (χ1) is 9.11. The molecule has 2 rings (SSSR count). The van der Waals surface area contributed by atoms with Crippen molar-refractivity contribution in [2.75, 3.05) is 7.05 Å². The summed E-state index contributed by atoms with van der Waals surface area (Å²) in [5.74, 6) is 0.665. The Morgan fingerprint density at radius 2 is 2.16 bits per heavy atom. The SMILES string of the molecule is CNC1CCCCC1Oc1ccc([N+](=O)[O-])cc1Br. The Hall–Kier alpha value is -1.14. The highest BCUT2D eigenvalue weighted by atomic mass is 79.9. The molecule has 0 heterocycles. The van der Waals surface area contributed by atoms with Crippen LogP contribution in [0.4, 0.5) is 5.69 Å². The van der Waals surface area contributed by atoms with E-state index in [1.807, 2.05) is 7.05 Å². The molecule has 5 nitrogen and oxygen atoms in total. The van der Waals surface area contributed by atoms with Gasteiger partial charge in [-0.25, -0.2) is 0 Å². The minimum Gasteiger partial charge on any atom is -0.488 e. The third kappa shape index (κ3) is 3.45. The molecular weight excluding hydrogens is 312 g/mol. The summed E-state index contributed by atoms with van der Waals surface area (Å²) in [7, 11) is 1.94. The number of likely N-dealkylation sites (N-methyl/N-ethyl adjacent to an activating group) is 1. The van der Waals surface area contributed by atoms with Crippen LogP contribution in [0.3, 0.4) is 0 Å². The van der Waals surface area contributed by atoms with Crippen LogP contribution in [0.5, 0.6) is 5.75 Å². The van der Waals surface area contributed by atoms with Gasteiger partial charge in [-0.15, -0.1) is 0 Å². The summed E-state index contributed by atoms with van der Waals surface area (Å²) in [6, 6.07) is 4.95. The van der Waals surface area contributed by atoms with Crippen LogP contribution in [0.15, 0.2) is 22.7 Å². The van der Waals surface area contributed by atoms with Gasteiger partial charge in [0.15, 0.2) is 0 Å². The molecule has 6 heteroatoms. The van der Waals surface area contributed by atoms with Crippen molar-refractivity contribution >= 4 is 21.6 Å². The molecule has 2 unspecified atom stereocenters. The topological polar surface area (TPSA) is 64.4 Å². The number of nitrogens with zero attached hydrogens (tertiary/aromatic N) is 1. The Morgan fingerprint density at radius 3 is 2.79 bits per heavy atom. The van der Waals surface area contributed by atoms with Gasteiger partial charge in [-0.3, -0.25) is 10.1 Å². The van der Waals surface area contributed by atoms with Crippen LogP contribution in [0.1, 0.15) is 25.7 Å². The maximum atomic E-state index is 10.7. The molecule has 0 saturated heterocycles. The third-order valence-electron chi connectivity index (χ3n) is 3.48. The number of nitro benzene ring substituents is 1. The second-order valence-corrected chi connectivity index (χ2v) is 5.56. The minimum absolute atomic E-state index is 0.0630. The van der Waals surface area contributed by atoms with Crippen LogP contribution >= 0.6 is 15.9 Å². The predicted molar refractivity (Wildman–Crippen MR) is 76.5 cm³/mol. The van der Waals surface area contributed by atoms with Gasteiger partial charge < -0.3 is 10.1 Å². The molecule has 19 heavy (non-hydrogen) atoms. The van der Waals surface area contributed by atoms with E-state index in [1.165, 1.54) is 18.6 Å². The first-order valence-corrected chi connectivity index (χ1v) is 7.19. The van der Waals surface area contributed by atoms with Gasteiger partial charge in [-0.2, -0.15) is 0 Å². The lowest BCUT2D eigenvalue weighted by atomic mass is 9.92. The highest BCUT2D eigenvalue weighted by molar-refractivity contribution is 9.10.